The van der Waals surface area contributed by atoms with Crippen LogP contribution in [0.15, 0.2) is 0 Å². The molecule has 0 radical (unpaired) electrons. The number of rotatable bonds is 1. The summed E-state index contributed by atoms with van der Waals surface area (Å²) >= 11 is 0. The molecule has 1 aliphatic rings. The summed E-state index contributed by atoms with van der Waals surface area (Å²) in [5.74, 6) is -1.81. The standard InChI is InChI=1S/C7H11F3N2O.ClH/c1-4-2-11-3-5(4)12-6(13)7(8,9)10;/h4-5,11H,2-3H2,1H3,(H,12,13);1H/t4-,5+;/m0./s1. The van der Waals surface area contributed by atoms with Gasteiger partial charge in [0, 0.05) is 12.6 Å². The fraction of sp³-hybridized carbons (Fsp3) is 0.857. The molecule has 0 unspecified atom stereocenters. The lowest BCUT2D eigenvalue weighted by atomic mass is 10.1. The van der Waals surface area contributed by atoms with Crippen molar-refractivity contribution in [1.82, 2.24) is 10.6 Å². The van der Waals surface area contributed by atoms with Gasteiger partial charge < -0.3 is 10.6 Å². The summed E-state index contributed by atoms with van der Waals surface area (Å²) in [6, 6.07) is -0.408. The molecule has 0 spiro atoms. The van der Waals surface area contributed by atoms with E-state index in [1.807, 2.05) is 5.32 Å². The second-order valence-corrected chi connectivity index (χ2v) is 3.21. The molecule has 3 nitrogen and oxygen atoms in total. The predicted molar refractivity (Wildman–Crippen MR) is 47.3 cm³/mol. The van der Waals surface area contributed by atoms with Crippen LogP contribution in [0.3, 0.4) is 0 Å². The van der Waals surface area contributed by atoms with Gasteiger partial charge in [0.15, 0.2) is 0 Å². The summed E-state index contributed by atoms with van der Waals surface area (Å²) in [6.07, 6.45) is -4.78. The van der Waals surface area contributed by atoms with Crippen molar-refractivity contribution in [3.05, 3.63) is 0 Å². The van der Waals surface area contributed by atoms with Crippen molar-refractivity contribution in [3.8, 4) is 0 Å². The summed E-state index contributed by atoms with van der Waals surface area (Å²) in [5, 5.41) is 4.84. The van der Waals surface area contributed by atoms with E-state index >= 15 is 0 Å². The zero-order valence-corrected chi connectivity index (χ0v) is 8.34. The van der Waals surface area contributed by atoms with Crippen LogP contribution in [0.5, 0.6) is 0 Å². The largest absolute Gasteiger partial charge is 0.471 e. The van der Waals surface area contributed by atoms with Crippen LogP contribution in [0, 0.1) is 5.92 Å². The average Bonchev–Trinajstić information content (AvgIpc) is 2.34. The molecule has 1 saturated heterocycles. The molecule has 14 heavy (non-hydrogen) atoms. The van der Waals surface area contributed by atoms with Gasteiger partial charge in [-0.1, -0.05) is 6.92 Å². The minimum absolute atomic E-state index is 0. The van der Waals surface area contributed by atoms with E-state index in [0.29, 0.717) is 13.1 Å². The number of alkyl halides is 3. The molecule has 84 valence electrons. The number of carbonyl (C=O) groups is 1. The minimum Gasteiger partial charge on any atom is -0.344 e. The van der Waals surface area contributed by atoms with Gasteiger partial charge in [-0.3, -0.25) is 4.79 Å². The Balaban J connectivity index is 0.00000169. The molecule has 0 saturated carbocycles. The van der Waals surface area contributed by atoms with E-state index in [1.165, 1.54) is 0 Å². The highest BCUT2D eigenvalue weighted by Gasteiger charge is 2.40. The van der Waals surface area contributed by atoms with Crippen LogP contribution in [-0.4, -0.2) is 31.2 Å². The summed E-state index contributed by atoms with van der Waals surface area (Å²) in [4.78, 5) is 10.5. The van der Waals surface area contributed by atoms with Crippen molar-refractivity contribution in [3.63, 3.8) is 0 Å². The predicted octanol–water partition coefficient (Wildman–Crippen LogP) is 0.695. The fourth-order valence-electron chi connectivity index (χ4n) is 1.25. The Labute approximate surface area is 85.8 Å². The van der Waals surface area contributed by atoms with Crippen LogP contribution in [0.2, 0.25) is 0 Å². The maximum atomic E-state index is 11.8. The molecule has 1 rings (SSSR count). The second-order valence-electron chi connectivity index (χ2n) is 3.21. The van der Waals surface area contributed by atoms with E-state index in [-0.39, 0.29) is 18.3 Å². The number of nitrogens with one attached hydrogen (secondary N) is 2. The average molecular weight is 233 g/mol. The van der Waals surface area contributed by atoms with Crippen LogP contribution in [-0.2, 0) is 4.79 Å². The van der Waals surface area contributed by atoms with Gasteiger partial charge in [-0.25, -0.2) is 0 Å². The molecular formula is C7H12ClF3N2O. The number of amides is 1. The molecular weight excluding hydrogens is 221 g/mol. The number of hydrogen-bond acceptors (Lipinski definition) is 2. The van der Waals surface area contributed by atoms with E-state index < -0.39 is 18.1 Å². The molecule has 0 aromatic heterocycles. The van der Waals surface area contributed by atoms with Gasteiger partial charge >= 0.3 is 12.1 Å². The Morgan fingerprint density at radius 3 is 2.36 bits per heavy atom. The van der Waals surface area contributed by atoms with Gasteiger partial charge in [0.05, 0.1) is 0 Å². The van der Waals surface area contributed by atoms with Gasteiger partial charge in [-0.15, -0.1) is 12.4 Å². The van der Waals surface area contributed by atoms with Gasteiger partial charge in [0.25, 0.3) is 0 Å². The third kappa shape index (κ3) is 3.34. The van der Waals surface area contributed by atoms with E-state index in [0.717, 1.165) is 0 Å². The summed E-state index contributed by atoms with van der Waals surface area (Å²) in [6.45, 7) is 2.84. The number of carbonyl (C=O) groups excluding carboxylic acids is 1. The fourth-order valence-corrected chi connectivity index (χ4v) is 1.25. The highest BCUT2D eigenvalue weighted by Crippen LogP contribution is 2.16. The lowest BCUT2D eigenvalue weighted by Gasteiger charge is -2.16. The first-order chi connectivity index (χ1) is 5.91. The molecule has 2 atom stereocenters. The summed E-state index contributed by atoms with van der Waals surface area (Å²) in [5.41, 5.74) is 0. The maximum absolute atomic E-state index is 11.8. The molecule has 0 aromatic rings. The molecule has 1 amide bonds. The first-order valence-electron chi connectivity index (χ1n) is 3.99. The van der Waals surface area contributed by atoms with Gasteiger partial charge in [0.1, 0.15) is 0 Å². The highest BCUT2D eigenvalue weighted by molar-refractivity contribution is 5.85. The molecule has 0 bridgehead atoms. The smallest absolute Gasteiger partial charge is 0.344 e. The van der Waals surface area contributed by atoms with Crippen LogP contribution in [0.25, 0.3) is 0 Å². The van der Waals surface area contributed by atoms with Crippen LogP contribution in [0.4, 0.5) is 13.2 Å². The Kier molecular flexibility index (Phi) is 4.67. The molecule has 0 aromatic carbocycles. The lowest BCUT2D eigenvalue weighted by Crippen LogP contribution is -2.46. The van der Waals surface area contributed by atoms with Crippen LogP contribution in [0.1, 0.15) is 6.92 Å². The Bertz CT molecular complexity index is 210. The molecule has 7 heteroatoms. The number of halogens is 4. The Morgan fingerprint density at radius 1 is 1.43 bits per heavy atom. The van der Waals surface area contributed by atoms with Crippen LogP contribution >= 0.6 is 12.4 Å². The van der Waals surface area contributed by atoms with E-state index in [1.54, 1.807) is 6.92 Å². The van der Waals surface area contributed by atoms with E-state index in [4.69, 9.17) is 0 Å². The first-order valence-corrected chi connectivity index (χ1v) is 3.99. The van der Waals surface area contributed by atoms with Crippen LogP contribution < -0.4 is 10.6 Å². The molecule has 0 aliphatic carbocycles. The molecule has 1 aliphatic heterocycles. The van der Waals surface area contributed by atoms with Crippen molar-refractivity contribution in [1.29, 1.82) is 0 Å². The van der Waals surface area contributed by atoms with Crippen molar-refractivity contribution < 1.29 is 18.0 Å². The maximum Gasteiger partial charge on any atom is 0.471 e. The number of hydrogen-bond donors (Lipinski definition) is 2. The SMILES string of the molecule is C[C@H]1CNC[C@H]1NC(=O)C(F)(F)F.Cl. The first kappa shape index (κ1) is 13.5. The van der Waals surface area contributed by atoms with Gasteiger partial charge in [0.2, 0.25) is 0 Å². The topological polar surface area (TPSA) is 41.1 Å². The third-order valence-corrected chi connectivity index (χ3v) is 2.09. The monoisotopic (exact) mass is 232 g/mol. The van der Waals surface area contributed by atoms with Crippen molar-refractivity contribution >= 4 is 18.3 Å². The third-order valence-electron chi connectivity index (χ3n) is 2.09. The molecule has 2 N–H and O–H groups in total. The van der Waals surface area contributed by atoms with Crippen molar-refractivity contribution in [2.24, 2.45) is 5.92 Å². The van der Waals surface area contributed by atoms with Crippen molar-refractivity contribution in [2.45, 2.75) is 19.1 Å². The van der Waals surface area contributed by atoms with Gasteiger partial charge in [-0.2, -0.15) is 13.2 Å². The minimum atomic E-state index is -4.78. The van der Waals surface area contributed by atoms with E-state index in [2.05, 4.69) is 5.32 Å². The Hall–Kier alpha value is -0.490. The zero-order valence-electron chi connectivity index (χ0n) is 7.52. The normalized spacial score (nSPS) is 26.9. The highest BCUT2D eigenvalue weighted by atomic mass is 35.5. The molecule has 1 heterocycles. The second kappa shape index (κ2) is 4.84. The Morgan fingerprint density at radius 2 is 2.00 bits per heavy atom. The summed E-state index contributed by atoms with van der Waals surface area (Å²) in [7, 11) is 0. The van der Waals surface area contributed by atoms with E-state index in [9.17, 15) is 18.0 Å². The van der Waals surface area contributed by atoms with Gasteiger partial charge in [-0.05, 0) is 12.5 Å². The molecule has 1 fully saturated rings. The zero-order chi connectivity index (χ0) is 10.1. The quantitative estimate of drug-likeness (QED) is 0.699. The van der Waals surface area contributed by atoms with Crippen molar-refractivity contribution in [2.75, 3.05) is 13.1 Å². The lowest BCUT2D eigenvalue weighted by molar-refractivity contribution is -0.174. The summed E-state index contributed by atoms with van der Waals surface area (Å²) < 4.78 is 35.4.